The third kappa shape index (κ3) is 2.98. The van der Waals surface area contributed by atoms with E-state index in [4.69, 9.17) is 14.6 Å². The first-order chi connectivity index (χ1) is 8.72. The Morgan fingerprint density at radius 2 is 1.79 bits per heavy atom. The maximum atomic E-state index is 13.3. The number of hydrogen-bond donors (Lipinski definition) is 1. The quantitative estimate of drug-likeness (QED) is 0.657. The minimum atomic E-state index is -3.24. The molecule has 0 aliphatic rings. The fourth-order valence-electron chi connectivity index (χ4n) is 1.50. The van der Waals surface area contributed by atoms with E-state index in [1.165, 1.54) is 14.2 Å². The lowest BCUT2D eigenvalue weighted by Gasteiger charge is -2.16. The first-order valence-electron chi connectivity index (χ1n) is 5.14. The lowest BCUT2D eigenvalue weighted by molar-refractivity contribution is -0.131. The van der Waals surface area contributed by atoms with Gasteiger partial charge >= 0.3 is 5.97 Å². The van der Waals surface area contributed by atoms with Crippen molar-refractivity contribution >= 4 is 11.8 Å². The van der Waals surface area contributed by atoms with Gasteiger partial charge in [0.1, 0.15) is 0 Å². The van der Waals surface area contributed by atoms with Crippen LogP contribution in [0.4, 0.5) is 8.78 Å². The lowest BCUT2D eigenvalue weighted by atomic mass is 10.0. The van der Waals surface area contributed by atoms with Crippen LogP contribution in [0.1, 0.15) is 22.8 Å². The van der Waals surface area contributed by atoms with Crippen molar-refractivity contribution in [3.05, 3.63) is 23.3 Å². The number of rotatable bonds is 5. The molecule has 0 unspecified atom stereocenters. The van der Waals surface area contributed by atoms with Gasteiger partial charge in [0.05, 0.1) is 19.8 Å². The van der Waals surface area contributed by atoms with E-state index >= 15 is 0 Å². The molecule has 0 heterocycles. The molecule has 7 heteroatoms. The average Bonchev–Trinajstić information content (AvgIpc) is 2.34. The van der Waals surface area contributed by atoms with Crippen LogP contribution in [0, 0.1) is 0 Å². The van der Waals surface area contributed by atoms with Gasteiger partial charge in [0.25, 0.3) is 11.7 Å². The monoisotopic (exact) mass is 274 g/mol. The number of ketones is 1. The fraction of sp³-hybridized carbons (Fsp3) is 0.333. The van der Waals surface area contributed by atoms with Crippen LogP contribution in [0.5, 0.6) is 11.5 Å². The number of methoxy groups -OCH3 is 2. The minimum absolute atomic E-state index is 0.133. The topological polar surface area (TPSA) is 72.8 Å². The molecule has 0 aliphatic heterocycles. The van der Waals surface area contributed by atoms with Gasteiger partial charge in [-0.2, -0.15) is 0 Å². The summed E-state index contributed by atoms with van der Waals surface area (Å²) < 4.78 is 36.3. The third-order valence-electron chi connectivity index (χ3n) is 2.42. The highest BCUT2D eigenvalue weighted by molar-refractivity contribution is 6.40. The largest absolute Gasteiger partial charge is 0.493 e. The molecule has 1 aromatic rings. The Labute approximate surface area is 107 Å². The van der Waals surface area contributed by atoms with Crippen LogP contribution in [-0.4, -0.2) is 31.1 Å². The molecular weight excluding hydrogens is 262 g/mol. The number of hydrogen-bond acceptors (Lipinski definition) is 4. The predicted octanol–water partition coefficient (Wildman–Crippen LogP) is 2.08. The van der Waals surface area contributed by atoms with Gasteiger partial charge in [0, 0.05) is 12.5 Å². The minimum Gasteiger partial charge on any atom is -0.493 e. The molecule has 0 aromatic heterocycles. The Balaban J connectivity index is 3.58. The van der Waals surface area contributed by atoms with Crippen molar-refractivity contribution in [1.82, 2.24) is 0 Å². The fourth-order valence-corrected chi connectivity index (χ4v) is 1.50. The summed E-state index contributed by atoms with van der Waals surface area (Å²) in [6.45, 7) is 0.628. The maximum Gasteiger partial charge on any atom is 0.377 e. The number of ether oxygens (including phenoxy) is 2. The van der Waals surface area contributed by atoms with E-state index in [2.05, 4.69) is 0 Å². The molecule has 0 spiro atoms. The summed E-state index contributed by atoms with van der Waals surface area (Å²) in [7, 11) is 2.38. The van der Waals surface area contributed by atoms with E-state index in [1.807, 2.05) is 0 Å². The number of carboxylic acids is 1. The number of halogens is 2. The van der Waals surface area contributed by atoms with Crippen molar-refractivity contribution in [3.8, 4) is 11.5 Å². The Morgan fingerprint density at radius 1 is 1.21 bits per heavy atom. The number of carbonyl (C=O) groups excluding carboxylic acids is 1. The van der Waals surface area contributed by atoms with Crippen LogP contribution in [-0.2, 0) is 10.7 Å². The van der Waals surface area contributed by atoms with Crippen molar-refractivity contribution in [2.75, 3.05) is 14.2 Å². The molecule has 1 N–H and O–H groups in total. The number of alkyl halides is 2. The van der Waals surface area contributed by atoms with Crippen LogP contribution in [0.2, 0.25) is 0 Å². The van der Waals surface area contributed by atoms with Gasteiger partial charge in [-0.1, -0.05) is 0 Å². The molecule has 1 aromatic carbocycles. The molecule has 1 rings (SSSR count). The molecule has 0 atom stereocenters. The molecule has 19 heavy (non-hydrogen) atoms. The number of Topliss-reactive ketones (excluding diaryl/α,β-unsaturated/α-hetero) is 1. The summed E-state index contributed by atoms with van der Waals surface area (Å²) in [6, 6.07) is 1.79. The van der Waals surface area contributed by atoms with E-state index < -0.39 is 28.8 Å². The Hall–Kier alpha value is -2.18. The van der Waals surface area contributed by atoms with Crippen LogP contribution in [0.3, 0.4) is 0 Å². The molecule has 0 aliphatic carbocycles. The van der Waals surface area contributed by atoms with Gasteiger partial charge in [-0.3, -0.25) is 4.79 Å². The van der Waals surface area contributed by atoms with E-state index in [1.54, 1.807) is 0 Å². The number of aliphatic carboxylic acids is 1. The molecule has 0 amide bonds. The second kappa shape index (κ2) is 5.21. The Bertz CT molecular complexity index is 520. The molecule has 0 saturated carbocycles. The van der Waals surface area contributed by atoms with Gasteiger partial charge in [0.2, 0.25) is 0 Å². The van der Waals surface area contributed by atoms with E-state index in [-0.39, 0.29) is 11.5 Å². The lowest BCUT2D eigenvalue weighted by Crippen LogP contribution is -2.17. The van der Waals surface area contributed by atoms with Crippen molar-refractivity contribution in [2.24, 2.45) is 0 Å². The van der Waals surface area contributed by atoms with Crippen LogP contribution >= 0.6 is 0 Å². The first kappa shape index (κ1) is 14.9. The molecule has 0 fully saturated rings. The van der Waals surface area contributed by atoms with Crippen LogP contribution in [0.25, 0.3) is 0 Å². The van der Waals surface area contributed by atoms with Crippen molar-refractivity contribution in [3.63, 3.8) is 0 Å². The van der Waals surface area contributed by atoms with Crippen molar-refractivity contribution in [1.29, 1.82) is 0 Å². The molecule has 0 radical (unpaired) electrons. The summed E-state index contributed by atoms with van der Waals surface area (Å²) in [5.41, 5.74) is -1.01. The summed E-state index contributed by atoms with van der Waals surface area (Å²) in [5, 5.41) is 8.68. The zero-order valence-electron chi connectivity index (χ0n) is 10.5. The van der Waals surface area contributed by atoms with Gasteiger partial charge in [0.15, 0.2) is 11.5 Å². The highest BCUT2D eigenvalue weighted by atomic mass is 19.3. The van der Waals surface area contributed by atoms with Crippen LogP contribution in [0.15, 0.2) is 12.1 Å². The SMILES string of the molecule is COc1cc(C(C)(F)F)cc(C(=O)C(=O)O)c1OC. The first-order valence-corrected chi connectivity index (χ1v) is 5.14. The van der Waals surface area contributed by atoms with Gasteiger partial charge in [-0.15, -0.1) is 0 Å². The number of carbonyl (C=O) groups is 2. The molecule has 104 valence electrons. The van der Waals surface area contributed by atoms with E-state index in [0.29, 0.717) is 6.92 Å². The average molecular weight is 274 g/mol. The maximum absolute atomic E-state index is 13.3. The summed E-state index contributed by atoms with van der Waals surface area (Å²) >= 11 is 0. The van der Waals surface area contributed by atoms with E-state index in [0.717, 1.165) is 12.1 Å². The van der Waals surface area contributed by atoms with Gasteiger partial charge < -0.3 is 14.6 Å². The summed E-state index contributed by atoms with van der Waals surface area (Å²) in [4.78, 5) is 22.2. The molecule has 0 saturated heterocycles. The second-order valence-corrected chi connectivity index (χ2v) is 3.78. The summed E-state index contributed by atoms with van der Waals surface area (Å²) in [5.74, 6) is -6.68. The normalized spacial score (nSPS) is 11.0. The predicted molar refractivity (Wildman–Crippen MR) is 61.1 cm³/mol. The van der Waals surface area contributed by atoms with Gasteiger partial charge in [-0.25, -0.2) is 13.6 Å². The zero-order chi connectivity index (χ0) is 14.8. The van der Waals surface area contributed by atoms with Crippen LogP contribution < -0.4 is 9.47 Å². The Morgan fingerprint density at radius 3 is 2.16 bits per heavy atom. The second-order valence-electron chi connectivity index (χ2n) is 3.78. The van der Waals surface area contributed by atoms with Gasteiger partial charge in [-0.05, 0) is 12.1 Å². The highest BCUT2D eigenvalue weighted by Gasteiger charge is 2.30. The molecule has 0 bridgehead atoms. The smallest absolute Gasteiger partial charge is 0.377 e. The highest BCUT2D eigenvalue weighted by Crippen LogP contribution is 2.38. The zero-order valence-corrected chi connectivity index (χ0v) is 10.5. The Kier molecular flexibility index (Phi) is 4.08. The van der Waals surface area contributed by atoms with Crippen molar-refractivity contribution in [2.45, 2.75) is 12.8 Å². The number of carboxylic acid groups (broad SMARTS) is 1. The third-order valence-corrected chi connectivity index (χ3v) is 2.42. The number of benzene rings is 1. The summed E-state index contributed by atoms with van der Waals surface area (Å²) in [6.07, 6.45) is 0. The van der Waals surface area contributed by atoms with Crippen molar-refractivity contribution < 1.29 is 33.0 Å². The standard InChI is InChI=1S/C12H12F2O5/c1-12(13,14)6-4-7(9(15)11(16)17)10(19-3)8(5-6)18-2/h4-5H,1-3H3,(H,16,17). The molecule has 5 nitrogen and oxygen atoms in total. The van der Waals surface area contributed by atoms with E-state index in [9.17, 15) is 18.4 Å². The molecular formula is C12H12F2O5.